The van der Waals surface area contributed by atoms with Crippen LogP contribution in [-0.4, -0.2) is 30.2 Å². The van der Waals surface area contributed by atoms with Gasteiger partial charge in [-0.3, -0.25) is 0 Å². The molecule has 28 heavy (non-hydrogen) atoms. The third-order valence-corrected chi connectivity index (χ3v) is 4.27. The van der Waals surface area contributed by atoms with Crippen molar-refractivity contribution < 1.29 is 61.2 Å². The van der Waals surface area contributed by atoms with Gasteiger partial charge in [0.15, 0.2) is 0 Å². The van der Waals surface area contributed by atoms with E-state index in [1.54, 1.807) is 0 Å². The first kappa shape index (κ1) is 29.8. The molecule has 0 aromatic heterocycles. The maximum Gasteiger partial charge on any atom is 1.00 e. The van der Waals surface area contributed by atoms with E-state index in [4.69, 9.17) is 4.74 Å². The SMILES string of the molecule is C.C=C(C)N=C([N-]C(CO)[C@H](C)CC)/C(=C\C)OCCCc1ccccc1.[K+]. The molecule has 0 amide bonds. The Balaban J connectivity index is 0. The van der Waals surface area contributed by atoms with Crippen LogP contribution in [-0.2, 0) is 11.2 Å². The molecule has 1 N–H and O–H groups in total. The summed E-state index contributed by atoms with van der Waals surface area (Å²) in [5, 5.41) is 14.3. The van der Waals surface area contributed by atoms with Crippen LogP contribution in [0.25, 0.3) is 5.32 Å². The van der Waals surface area contributed by atoms with Crippen LogP contribution in [0.5, 0.6) is 0 Å². The molecule has 0 aliphatic carbocycles. The van der Waals surface area contributed by atoms with Gasteiger partial charge in [0.2, 0.25) is 0 Å². The molecule has 5 heteroatoms. The number of aryl methyl sites for hydroxylation is 1. The van der Waals surface area contributed by atoms with Gasteiger partial charge in [0.25, 0.3) is 0 Å². The number of hydrogen-bond donors (Lipinski definition) is 1. The second-order valence-corrected chi connectivity index (χ2v) is 6.53. The summed E-state index contributed by atoms with van der Waals surface area (Å²) < 4.78 is 5.95. The van der Waals surface area contributed by atoms with Crippen LogP contribution < -0.4 is 51.4 Å². The van der Waals surface area contributed by atoms with Crippen molar-refractivity contribution in [2.75, 3.05) is 13.2 Å². The van der Waals surface area contributed by atoms with Gasteiger partial charge in [0, 0.05) is 6.61 Å². The number of allylic oxidation sites excluding steroid dienone is 2. The van der Waals surface area contributed by atoms with Gasteiger partial charge in [-0.1, -0.05) is 63.7 Å². The summed E-state index contributed by atoms with van der Waals surface area (Å²) >= 11 is 0. The van der Waals surface area contributed by atoms with Crippen LogP contribution in [0.2, 0.25) is 0 Å². The number of nitrogens with zero attached hydrogens (tertiary/aromatic N) is 2. The van der Waals surface area contributed by atoms with Crippen molar-refractivity contribution in [3.8, 4) is 0 Å². The van der Waals surface area contributed by atoms with Crippen molar-refractivity contribution in [2.24, 2.45) is 10.9 Å². The first-order valence-corrected chi connectivity index (χ1v) is 9.41. The molecule has 0 saturated heterocycles. The minimum Gasteiger partial charge on any atom is -0.494 e. The predicted molar refractivity (Wildman–Crippen MR) is 117 cm³/mol. The van der Waals surface area contributed by atoms with Crippen LogP contribution in [0.1, 0.15) is 53.5 Å². The quantitative estimate of drug-likeness (QED) is 0.200. The Kier molecular flexibility index (Phi) is 18.5. The maximum absolute atomic E-state index is 9.67. The fraction of sp³-hybridized carbons (Fsp3) is 0.522. The molecule has 152 valence electrons. The van der Waals surface area contributed by atoms with Crippen LogP contribution in [0.4, 0.5) is 0 Å². The second kappa shape index (κ2) is 17.4. The molecule has 0 aliphatic rings. The predicted octanol–water partition coefficient (Wildman–Crippen LogP) is 2.89. The van der Waals surface area contributed by atoms with E-state index in [1.165, 1.54) is 5.56 Å². The third kappa shape index (κ3) is 11.5. The summed E-state index contributed by atoms with van der Waals surface area (Å²) in [6.07, 6.45) is 4.70. The van der Waals surface area contributed by atoms with Crippen LogP contribution >= 0.6 is 0 Å². The van der Waals surface area contributed by atoms with Crippen LogP contribution in [0.15, 0.2) is 59.4 Å². The topological polar surface area (TPSA) is 55.9 Å². The Bertz CT molecular complexity index is 600. The summed E-state index contributed by atoms with van der Waals surface area (Å²) in [6, 6.07) is 10.2. The van der Waals surface area contributed by atoms with E-state index in [0.29, 0.717) is 23.9 Å². The molecule has 4 nitrogen and oxygen atoms in total. The number of rotatable bonds is 11. The zero-order valence-corrected chi connectivity index (χ0v) is 20.7. The molecule has 0 bridgehead atoms. The van der Waals surface area contributed by atoms with Gasteiger partial charge in [-0.2, -0.15) is 0 Å². The number of aliphatic imine (C=N–C) groups is 1. The summed E-state index contributed by atoms with van der Waals surface area (Å²) in [4.78, 5) is 4.44. The molecule has 0 aliphatic heterocycles. The van der Waals surface area contributed by atoms with E-state index in [0.717, 1.165) is 19.3 Å². The van der Waals surface area contributed by atoms with Crippen molar-refractivity contribution in [2.45, 2.75) is 60.4 Å². The van der Waals surface area contributed by atoms with Gasteiger partial charge in [-0.25, -0.2) is 0 Å². The van der Waals surface area contributed by atoms with Crippen molar-refractivity contribution in [1.82, 2.24) is 0 Å². The van der Waals surface area contributed by atoms with Gasteiger partial charge in [0.1, 0.15) is 5.76 Å². The largest absolute Gasteiger partial charge is 1.00 e. The first-order valence-electron chi connectivity index (χ1n) is 9.41. The van der Waals surface area contributed by atoms with Gasteiger partial charge in [0.05, 0.1) is 6.61 Å². The number of amidine groups is 1. The molecule has 2 atom stereocenters. The summed E-state index contributed by atoms with van der Waals surface area (Å²) in [5.74, 6) is 1.42. The molecule has 0 saturated carbocycles. The average molecular weight is 413 g/mol. The average Bonchev–Trinajstić information content (AvgIpc) is 2.65. The number of aliphatic hydroxyl groups excluding tert-OH is 1. The van der Waals surface area contributed by atoms with E-state index in [2.05, 4.69) is 42.9 Å². The van der Waals surface area contributed by atoms with E-state index in [1.807, 2.05) is 38.1 Å². The smallest absolute Gasteiger partial charge is 0.494 e. The first-order chi connectivity index (χ1) is 12.5. The van der Waals surface area contributed by atoms with Crippen LogP contribution in [0.3, 0.4) is 0 Å². The van der Waals surface area contributed by atoms with Gasteiger partial charge in [-0.05, 0) is 56.1 Å². The summed E-state index contributed by atoms with van der Waals surface area (Å²) in [5.41, 5.74) is 1.97. The Morgan fingerprint density at radius 1 is 1.32 bits per heavy atom. The summed E-state index contributed by atoms with van der Waals surface area (Å²) in [6.45, 7) is 12.4. The second-order valence-electron chi connectivity index (χ2n) is 6.53. The van der Waals surface area contributed by atoms with E-state index < -0.39 is 0 Å². The molecular weight excluding hydrogens is 375 g/mol. The monoisotopic (exact) mass is 412 g/mol. The molecule has 1 rings (SSSR count). The molecule has 0 spiro atoms. The Morgan fingerprint density at radius 2 is 1.96 bits per heavy atom. The normalized spacial score (nSPS) is 13.6. The van der Waals surface area contributed by atoms with Gasteiger partial charge in [-0.15, -0.1) is 6.58 Å². The van der Waals surface area contributed by atoms with Crippen molar-refractivity contribution >= 4 is 5.84 Å². The van der Waals surface area contributed by atoms with E-state index in [-0.39, 0.29) is 77.4 Å². The zero-order valence-electron chi connectivity index (χ0n) is 17.6. The Morgan fingerprint density at radius 3 is 2.46 bits per heavy atom. The molecule has 0 heterocycles. The van der Waals surface area contributed by atoms with Gasteiger partial charge >= 0.3 is 51.4 Å². The minimum atomic E-state index is -0.194. The molecule has 1 aromatic carbocycles. The Hall–Kier alpha value is -0.434. The number of hydrogen-bond acceptors (Lipinski definition) is 3. The zero-order chi connectivity index (χ0) is 19.4. The molecule has 1 aromatic rings. The number of benzene rings is 1. The molecular formula is C23H37KN2O2. The Labute approximate surface area is 215 Å². The number of ether oxygens (including phenoxy) is 1. The standard InChI is InChI=1S/C22H33N2O2.CH4.K/c1-6-18(5)20(16-25)24-22(23-17(3)4)21(7-2)26-15-11-14-19-12-9-8-10-13-19;;/h7-10,12-13,18,20,25H,3,6,11,14-16H2,1-2,4-5H3;1H4;/q-1;;+1/b21-7+;;/t18-,20?;;/m1../s1. The molecule has 0 fully saturated rings. The number of aliphatic hydroxyl groups is 1. The van der Waals surface area contributed by atoms with Crippen molar-refractivity contribution in [3.63, 3.8) is 0 Å². The van der Waals surface area contributed by atoms with Crippen molar-refractivity contribution in [1.29, 1.82) is 0 Å². The van der Waals surface area contributed by atoms with E-state index >= 15 is 0 Å². The minimum absolute atomic E-state index is 0. The molecule has 1 unspecified atom stereocenters. The maximum atomic E-state index is 9.67. The fourth-order valence-corrected chi connectivity index (χ4v) is 2.49. The van der Waals surface area contributed by atoms with Crippen molar-refractivity contribution in [3.05, 3.63) is 65.3 Å². The van der Waals surface area contributed by atoms with Crippen LogP contribution in [0, 0.1) is 5.92 Å². The van der Waals surface area contributed by atoms with E-state index in [9.17, 15) is 5.11 Å². The molecule has 0 radical (unpaired) electrons. The summed E-state index contributed by atoms with van der Waals surface area (Å²) in [7, 11) is 0. The fourth-order valence-electron chi connectivity index (χ4n) is 2.49. The van der Waals surface area contributed by atoms with Gasteiger partial charge < -0.3 is 20.2 Å². The third-order valence-electron chi connectivity index (χ3n) is 4.27.